The summed E-state index contributed by atoms with van der Waals surface area (Å²) in [6.07, 6.45) is 0. The van der Waals surface area contributed by atoms with Gasteiger partial charge in [0.25, 0.3) is 0 Å². The second kappa shape index (κ2) is 11.9. The van der Waals surface area contributed by atoms with Crippen LogP contribution in [0.25, 0.3) is 0 Å². The van der Waals surface area contributed by atoms with Crippen molar-refractivity contribution in [2.45, 2.75) is 4.90 Å². The average molecular weight is 800 g/mol. The van der Waals surface area contributed by atoms with E-state index in [9.17, 15) is 29.4 Å². The number of carboxylic acid groups (broad SMARTS) is 2. The van der Waals surface area contributed by atoms with Crippen LogP contribution in [0, 0.1) is 10.7 Å². The highest BCUT2D eigenvalue weighted by Crippen LogP contribution is 2.33. The molecule has 8 nitrogen and oxygen atoms in total. The molecule has 0 amide bonds. The Labute approximate surface area is 226 Å². The Morgan fingerprint density at radius 1 is 0.871 bits per heavy atom. The lowest BCUT2D eigenvalue weighted by Gasteiger charge is -2.12. The van der Waals surface area contributed by atoms with Crippen LogP contribution in [0.4, 0.5) is 0 Å². The van der Waals surface area contributed by atoms with Gasteiger partial charge in [0.15, 0.2) is 5.75 Å². The van der Waals surface area contributed by atoms with E-state index in [1.807, 2.05) is 67.8 Å². The smallest absolute Gasteiger partial charge is 0.339 e. The number of carbonyl (C=O) groups is 4. The molecular weight excluding hydrogens is 789 g/mol. The predicted molar refractivity (Wildman–Crippen MR) is 141 cm³/mol. The first-order chi connectivity index (χ1) is 14.5. The molecule has 0 fully saturated rings. The normalized spacial score (nSPS) is 10.5. The van der Waals surface area contributed by atoms with Gasteiger partial charge in [-0.1, -0.05) is 0 Å². The molecule has 2 aromatic carbocycles. The van der Waals surface area contributed by atoms with Gasteiger partial charge in [-0.05, 0) is 92.0 Å². The molecule has 0 bridgehead atoms. The van der Waals surface area contributed by atoms with Crippen molar-refractivity contribution in [2.75, 3.05) is 11.5 Å². The van der Waals surface area contributed by atoms with Gasteiger partial charge < -0.3 is 19.7 Å². The molecule has 0 saturated carbocycles. The summed E-state index contributed by atoms with van der Waals surface area (Å²) in [5.41, 5.74) is -0.375. The van der Waals surface area contributed by atoms with Crippen molar-refractivity contribution in [3.05, 3.63) is 46.1 Å². The minimum absolute atomic E-state index is 0.0472. The van der Waals surface area contributed by atoms with Gasteiger partial charge in [0.05, 0.1) is 15.1 Å². The van der Waals surface area contributed by atoms with E-state index in [1.54, 1.807) is 6.07 Å². The van der Waals surface area contributed by atoms with E-state index in [1.165, 1.54) is 18.2 Å². The fourth-order valence-electron chi connectivity index (χ4n) is 2.16. The van der Waals surface area contributed by atoms with Gasteiger partial charge in [-0.3, -0.25) is 9.59 Å². The summed E-state index contributed by atoms with van der Waals surface area (Å²) in [6.45, 7) is 0. The van der Waals surface area contributed by atoms with Gasteiger partial charge in [0.2, 0.25) is 0 Å². The van der Waals surface area contributed by atoms with Crippen LogP contribution < -0.4 is 9.47 Å². The van der Waals surface area contributed by atoms with E-state index in [2.05, 4.69) is 12.6 Å². The summed E-state index contributed by atoms with van der Waals surface area (Å²) in [6, 6.07) is 5.74. The first kappa shape index (κ1) is 26.5. The third-order valence-electron chi connectivity index (χ3n) is 3.42. The quantitative estimate of drug-likeness (QED) is 0.117. The molecule has 0 heterocycles. The Morgan fingerprint density at radius 2 is 1.52 bits per heavy atom. The van der Waals surface area contributed by atoms with E-state index in [4.69, 9.17) is 9.47 Å². The number of halogens is 3. The molecule has 0 spiro atoms. The van der Waals surface area contributed by atoms with Gasteiger partial charge >= 0.3 is 23.9 Å². The lowest BCUT2D eigenvalue weighted by atomic mass is 10.2. The number of carbonyl (C=O) groups excluding carboxylic acids is 2. The van der Waals surface area contributed by atoms with Crippen molar-refractivity contribution in [2.24, 2.45) is 0 Å². The highest BCUT2D eigenvalue weighted by atomic mass is 127. The Kier molecular flexibility index (Phi) is 10.2. The largest absolute Gasteiger partial charge is 0.478 e. The fraction of sp³-hybridized carbons (Fsp3) is 0.111. The van der Waals surface area contributed by atoms with Gasteiger partial charge in [-0.15, -0.1) is 11.8 Å². The van der Waals surface area contributed by atoms with Crippen molar-refractivity contribution >= 4 is 116 Å². The van der Waals surface area contributed by atoms with E-state index < -0.39 is 23.9 Å². The Hall–Kier alpha value is -0.790. The second-order valence-corrected chi connectivity index (χ2v) is 10.5. The van der Waals surface area contributed by atoms with Crippen molar-refractivity contribution in [1.29, 1.82) is 0 Å². The lowest BCUT2D eigenvalue weighted by Crippen LogP contribution is -2.15. The molecule has 0 aliphatic carbocycles. The number of thioether (sulfide) groups is 1. The van der Waals surface area contributed by atoms with Crippen LogP contribution in [0.1, 0.15) is 20.7 Å². The SMILES string of the molecule is O=C(CS)Oc1cc(I)c(SCC(=O)Oc2c(I)cc(I)cc2C(=O)O)cc1C(=O)O. The van der Waals surface area contributed by atoms with E-state index in [0.717, 1.165) is 11.8 Å². The molecular formula is C18H11I3O8S2. The number of hydrogen-bond acceptors (Lipinski definition) is 8. The van der Waals surface area contributed by atoms with Gasteiger partial charge in [-0.25, -0.2) is 9.59 Å². The minimum atomic E-state index is -1.30. The molecule has 0 aromatic heterocycles. The lowest BCUT2D eigenvalue weighted by molar-refractivity contribution is -0.132. The number of hydrogen-bond donors (Lipinski definition) is 3. The summed E-state index contributed by atoms with van der Waals surface area (Å²) in [5.74, 6) is -4.52. The molecule has 0 saturated heterocycles. The van der Waals surface area contributed by atoms with Gasteiger partial charge in [0, 0.05) is 12.0 Å². The number of aromatic carboxylic acids is 2. The molecule has 0 unspecified atom stereocenters. The molecule has 2 rings (SSSR count). The minimum Gasteiger partial charge on any atom is -0.478 e. The number of thiol groups is 1. The van der Waals surface area contributed by atoms with Crippen LogP contribution in [0.15, 0.2) is 29.2 Å². The molecule has 2 N–H and O–H groups in total. The van der Waals surface area contributed by atoms with Crippen LogP contribution in [0.2, 0.25) is 0 Å². The van der Waals surface area contributed by atoms with Crippen LogP contribution in [-0.2, 0) is 9.59 Å². The van der Waals surface area contributed by atoms with E-state index >= 15 is 0 Å². The second-order valence-electron chi connectivity index (χ2n) is 5.55. The highest BCUT2D eigenvalue weighted by molar-refractivity contribution is 14.1. The molecule has 31 heavy (non-hydrogen) atoms. The fourth-order valence-corrected chi connectivity index (χ4v) is 5.81. The van der Waals surface area contributed by atoms with E-state index in [0.29, 0.717) is 15.6 Å². The Balaban J connectivity index is 2.21. The summed E-state index contributed by atoms with van der Waals surface area (Å²) < 4.78 is 12.0. The Morgan fingerprint density at radius 3 is 2.10 bits per heavy atom. The predicted octanol–water partition coefficient (Wildman–Crippen LogP) is 4.43. The molecule has 164 valence electrons. The standard InChI is InChI=1S/C18H11I3O8S2/c19-7-1-9(18(26)27)16(11(21)2-7)29-15(23)6-31-13-3-8(17(24)25)12(4-10(13)20)28-14(22)5-30/h1-4,30H,5-6H2,(H,24,25)(H,26,27). The zero-order valence-corrected chi connectivity index (χ0v) is 23.2. The third kappa shape index (κ3) is 7.36. The van der Waals surface area contributed by atoms with Crippen molar-refractivity contribution in [1.82, 2.24) is 0 Å². The zero-order chi connectivity index (χ0) is 23.3. The molecule has 13 heteroatoms. The topological polar surface area (TPSA) is 127 Å². The van der Waals surface area contributed by atoms with Crippen molar-refractivity contribution < 1.29 is 38.9 Å². The first-order valence-electron chi connectivity index (χ1n) is 7.97. The summed E-state index contributed by atoms with van der Waals surface area (Å²) in [5, 5.41) is 18.8. The summed E-state index contributed by atoms with van der Waals surface area (Å²) >= 11 is 10.6. The van der Waals surface area contributed by atoms with Gasteiger partial charge in [-0.2, -0.15) is 12.6 Å². The van der Waals surface area contributed by atoms with Crippen LogP contribution >= 0.6 is 92.2 Å². The number of rotatable bonds is 8. The number of esters is 2. The highest BCUT2D eigenvalue weighted by Gasteiger charge is 2.21. The molecule has 0 aliphatic rings. The molecule has 0 aliphatic heterocycles. The van der Waals surface area contributed by atoms with Crippen LogP contribution in [0.3, 0.4) is 0 Å². The van der Waals surface area contributed by atoms with Crippen molar-refractivity contribution in [3.63, 3.8) is 0 Å². The maximum Gasteiger partial charge on any atom is 0.339 e. The van der Waals surface area contributed by atoms with Gasteiger partial charge in [0.1, 0.15) is 16.9 Å². The molecule has 2 aromatic rings. The molecule has 0 radical (unpaired) electrons. The summed E-state index contributed by atoms with van der Waals surface area (Å²) in [7, 11) is 0. The average Bonchev–Trinajstić information content (AvgIpc) is 2.68. The summed E-state index contributed by atoms with van der Waals surface area (Å²) in [4.78, 5) is 47.3. The number of carboxylic acids is 2. The maximum absolute atomic E-state index is 12.3. The first-order valence-corrected chi connectivity index (χ1v) is 12.8. The number of benzene rings is 2. The number of ether oxygens (including phenoxy) is 2. The van der Waals surface area contributed by atoms with Crippen LogP contribution in [-0.4, -0.2) is 45.6 Å². The Bertz CT molecular complexity index is 1070. The van der Waals surface area contributed by atoms with Crippen molar-refractivity contribution in [3.8, 4) is 11.5 Å². The molecule has 0 atom stereocenters. The maximum atomic E-state index is 12.3. The monoisotopic (exact) mass is 800 g/mol. The van der Waals surface area contributed by atoms with Crippen LogP contribution in [0.5, 0.6) is 11.5 Å². The third-order valence-corrected chi connectivity index (χ3v) is 7.39. The van der Waals surface area contributed by atoms with E-state index in [-0.39, 0.29) is 34.1 Å². The zero-order valence-electron chi connectivity index (χ0n) is 15.1.